The topological polar surface area (TPSA) is 44.9 Å². The highest BCUT2D eigenvalue weighted by molar-refractivity contribution is 5.73. The molecule has 5 nitrogen and oxygen atoms in total. The number of hydrogen-bond donors (Lipinski definition) is 0. The molecule has 0 aliphatic rings. The van der Waals surface area contributed by atoms with Crippen LogP contribution in [-0.2, 0) is 4.84 Å². The van der Waals surface area contributed by atoms with E-state index < -0.39 is 0 Å². The average Bonchev–Trinajstić information content (AvgIpc) is 2.34. The summed E-state index contributed by atoms with van der Waals surface area (Å²) in [7, 11) is 5.11. The van der Waals surface area contributed by atoms with Crippen LogP contribution in [0.1, 0.15) is 11.1 Å². The molecule has 0 N–H and O–H groups in total. The summed E-state index contributed by atoms with van der Waals surface area (Å²) < 4.78 is 0. The van der Waals surface area contributed by atoms with E-state index in [1.807, 2.05) is 32.0 Å². The van der Waals surface area contributed by atoms with Gasteiger partial charge in [0, 0.05) is 31.8 Å². The Morgan fingerprint density at radius 1 is 1.50 bits per heavy atom. The van der Waals surface area contributed by atoms with Crippen LogP contribution in [0.3, 0.4) is 0 Å². The van der Waals surface area contributed by atoms with Crippen molar-refractivity contribution in [3.05, 3.63) is 40.8 Å². The van der Waals surface area contributed by atoms with Gasteiger partial charge in [-0.15, -0.1) is 0 Å². The summed E-state index contributed by atoms with van der Waals surface area (Å²) in [4.78, 5) is 22.4. The molecule has 0 saturated heterocycles. The number of rotatable bonds is 5. The van der Waals surface area contributed by atoms with Crippen molar-refractivity contribution < 1.29 is 9.76 Å². The number of benzene rings is 1. The Bertz CT molecular complexity index is 493. The lowest BCUT2D eigenvalue weighted by Gasteiger charge is -2.06. The van der Waals surface area contributed by atoms with Crippen LogP contribution in [0, 0.1) is 11.8 Å². The maximum absolute atomic E-state index is 11.3. The molecule has 1 aromatic carbocycles. The first-order chi connectivity index (χ1) is 8.45. The molecule has 1 rings (SSSR count). The molecule has 18 heavy (non-hydrogen) atoms. The van der Waals surface area contributed by atoms with Gasteiger partial charge in [-0.1, -0.05) is 6.58 Å². The molecule has 0 spiro atoms. The van der Waals surface area contributed by atoms with E-state index in [2.05, 4.69) is 16.4 Å². The van der Waals surface area contributed by atoms with E-state index in [0.717, 1.165) is 11.1 Å². The SMILES string of the molecule is C=C(/N=C\N(C)C)c1ccc([N+](=O)OC)cc1C. The third kappa shape index (κ3) is 3.41. The van der Waals surface area contributed by atoms with E-state index in [1.165, 1.54) is 7.11 Å². The van der Waals surface area contributed by atoms with E-state index in [4.69, 9.17) is 0 Å². The predicted octanol–water partition coefficient (Wildman–Crippen LogP) is 2.53. The maximum Gasteiger partial charge on any atom is 0.317 e. The Hall–Kier alpha value is -2.17. The summed E-state index contributed by atoms with van der Waals surface area (Å²) in [5.74, 6) is 0. The van der Waals surface area contributed by atoms with E-state index in [0.29, 0.717) is 16.3 Å². The normalized spacial score (nSPS) is 10.4. The molecule has 1 aromatic rings. The fraction of sp³-hybridized carbons (Fsp3) is 0.308. The highest BCUT2D eigenvalue weighted by Crippen LogP contribution is 2.23. The van der Waals surface area contributed by atoms with Crippen LogP contribution in [0.15, 0.2) is 29.8 Å². The van der Waals surface area contributed by atoms with Gasteiger partial charge in [-0.05, 0) is 18.6 Å². The van der Waals surface area contributed by atoms with Crippen molar-refractivity contribution in [2.75, 3.05) is 21.2 Å². The Morgan fingerprint density at radius 2 is 2.17 bits per heavy atom. The van der Waals surface area contributed by atoms with Gasteiger partial charge in [0.25, 0.3) is 4.92 Å². The molecule has 0 unspecified atom stereocenters. The number of aliphatic imine (C=N–C) groups is 1. The molecule has 0 fully saturated rings. The summed E-state index contributed by atoms with van der Waals surface area (Å²) in [5, 5.41) is 0. The quantitative estimate of drug-likeness (QED) is 0.457. The molecule has 0 heterocycles. The zero-order chi connectivity index (χ0) is 13.7. The molecule has 0 bridgehead atoms. The van der Waals surface area contributed by atoms with Gasteiger partial charge in [0.1, 0.15) is 0 Å². The Kier molecular flexibility index (Phi) is 4.59. The van der Waals surface area contributed by atoms with E-state index in [9.17, 15) is 4.91 Å². The highest BCUT2D eigenvalue weighted by atomic mass is 16.8. The molecular weight excluding hydrogens is 230 g/mol. The lowest BCUT2D eigenvalue weighted by atomic mass is 10.1. The van der Waals surface area contributed by atoms with Crippen molar-refractivity contribution in [2.45, 2.75) is 6.92 Å². The van der Waals surface area contributed by atoms with Gasteiger partial charge in [0.15, 0.2) is 7.11 Å². The molecular formula is C13H18N3O2+. The van der Waals surface area contributed by atoms with Crippen LogP contribution in [-0.4, -0.2) is 37.4 Å². The van der Waals surface area contributed by atoms with Crippen molar-refractivity contribution in [3.8, 4) is 0 Å². The second-order valence-electron chi connectivity index (χ2n) is 4.09. The van der Waals surface area contributed by atoms with Crippen LogP contribution < -0.4 is 0 Å². The molecule has 0 aliphatic carbocycles. The van der Waals surface area contributed by atoms with E-state index in [-0.39, 0.29) is 0 Å². The standard InChI is InChI=1S/C13H18N3O2/c1-10-8-12(16(17)18-5)6-7-13(10)11(2)14-9-15(3)4/h6-9H,2H2,1,3-5H3/q+1/b14-9-. The van der Waals surface area contributed by atoms with Gasteiger partial charge in [-0.25, -0.2) is 9.83 Å². The average molecular weight is 248 g/mol. The summed E-state index contributed by atoms with van der Waals surface area (Å²) >= 11 is 0. The van der Waals surface area contributed by atoms with Crippen LogP contribution in [0.25, 0.3) is 5.70 Å². The Labute approximate surface area is 107 Å². The zero-order valence-corrected chi connectivity index (χ0v) is 11.2. The molecule has 0 aliphatic heterocycles. The smallest absolute Gasteiger partial charge is 0.317 e. The zero-order valence-electron chi connectivity index (χ0n) is 11.2. The second kappa shape index (κ2) is 5.95. The summed E-state index contributed by atoms with van der Waals surface area (Å²) in [6.07, 6.45) is 1.69. The van der Waals surface area contributed by atoms with Gasteiger partial charge in [-0.3, -0.25) is 0 Å². The lowest BCUT2D eigenvalue weighted by molar-refractivity contribution is -0.736. The minimum atomic E-state index is 0.447. The highest BCUT2D eigenvalue weighted by Gasteiger charge is 2.15. The summed E-state index contributed by atoms with van der Waals surface area (Å²) in [5.41, 5.74) is 2.93. The molecule has 0 aromatic heterocycles. The first-order valence-electron chi connectivity index (χ1n) is 5.47. The molecule has 5 heteroatoms. The first-order valence-corrected chi connectivity index (χ1v) is 5.47. The van der Waals surface area contributed by atoms with Gasteiger partial charge in [0.05, 0.1) is 16.9 Å². The fourth-order valence-corrected chi connectivity index (χ4v) is 1.45. The first kappa shape index (κ1) is 13.9. The predicted molar refractivity (Wildman–Crippen MR) is 72.7 cm³/mol. The summed E-state index contributed by atoms with van der Waals surface area (Å²) in [6.45, 7) is 5.81. The number of nitrogens with zero attached hydrogens (tertiary/aromatic N) is 3. The molecule has 0 saturated carbocycles. The van der Waals surface area contributed by atoms with Crippen molar-refractivity contribution in [1.29, 1.82) is 0 Å². The van der Waals surface area contributed by atoms with Gasteiger partial charge in [0.2, 0.25) is 0 Å². The molecule has 0 radical (unpaired) electrons. The second-order valence-corrected chi connectivity index (χ2v) is 4.09. The van der Waals surface area contributed by atoms with Gasteiger partial charge >= 0.3 is 5.69 Å². The number of aryl methyl sites for hydroxylation is 1. The van der Waals surface area contributed by atoms with Gasteiger partial charge < -0.3 is 4.90 Å². The number of hydrogen-bond acceptors (Lipinski definition) is 3. The largest absolute Gasteiger partial charge is 0.369 e. The van der Waals surface area contributed by atoms with E-state index in [1.54, 1.807) is 18.5 Å². The van der Waals surface area contributed by atoms with Crippen molar-refractivity contribution >= 4 is 17.7 Å². The summed E-state index contributed by atoms with van der Waals surface area (Å²) in [6, 6.07) is 5.22. The Balaban J connectivity index is 2.99. The fourth-order valence-electron chi connectivity index (χ4n) is 1.45. The van der Waals surface area contributed by atoms with Crippen molar-refractivity contribution in [2.24, 2.45) is 4.99 Å². The molecule has 96 valence electrons. The minimum Gasteiger partial charge on any atom is -0.369 e. The third-order valence-corrected chi connectivity index (χ3v) is 2.34. The van der Waals surface area contributed by atoms with Crippen LogP contribution >= 0.6 is 0 Å². The van der Waals surface area contributed by atoms with Crippen LogP contribution in [0.4, 0.5) is 5.69 Å². The van der Waals surface area contributed by atoms with Crippen molar-refractivity contribution in [3.63, 3.8) is 0 Å². The monoisotopic (exact) mass is 248 g/mol. The molecule has 0 amide bonds. The molecule has 0 atom stereocenters. The minimum absolute atomic E-state index is 0.447. The third-order valence-electron chi connectivity index (χ3n) is 2.34. The van der Waals surface area contributed by atoms with Crippen molar-refractivity contribution in [1.82, 2.24) is 4.90 Å². The van der Waals surface area contributed by atoms with Crippen LogP contribution in [0.5, 0.6) is 0 Å². The van der Waals surface area contributed by atoms with Crippen LogP contribution in [0.2, 0.25) is 0 Å². The van der Waals surface area contributed by atoms with Gasteiger partial charge in [-0.2, -0.15) is 0 Å². The maximum atomic E-state index is 11.3. The Morgan fingerprint density at radius 3 is 2.67 bits per heavy atom. The van der Waals surface area contributed by atoms with E-state index >= 15 is 0 Å². The lowest BCUT2D eigenvalue weighted by Crippen LogP contribution is -2.07.